The molecule has 2 aliphatic rings. The Morgan fingerprint density at radius 1 is 1.00 bits per heavy atom. The Bertz CT molecular complexity index is 919. The van der Waals surface area contributed by atoms with Crippen LogP contribution in [0.1, 0.15) is 23.2 Å². The molecule has 0 bridgehead atoms. The van der Waals surface area contributed by atoms with Gasteiger partial charge in [0.1, 0.15) is 5.82 Å². The van der Waals surface area contributed by atoms with Crippen LogP contribution in [0.5, 0.6) is 11.5 Å². The van der Waals surface area contributed by atoms with Crippen molar-refractivity contribution in [2.75, 3.05) is 50.6 Å². The van der Waals surface area contributed by atoms with Crippen LogP contribution in [0.3, 0.4) is 0 Å². The molecule has 2 amide bonds. The van der Waals surface area contributed by atoms with Gasteiger partial charge >= 0.3 is 0 Å². The van der Waals surface area contributed by atoms with Crippen molar-refractivity contribution >= 4 is 23.3 Å². The molecule has 1 aromatic heterocycles. The Morgan fingerprint density at radius 2 is 1.73 bits per heavy atom. The van der Waals surface area contributed by atoms with E-state index in [0.29, 0.717) is 28.7 Å². The van der Waals surface area contributed by atoms with E-state index in [1.807, 2.05) is 17.0 Å². The number of nitrogens with zero attached hydrogens (tertiary/aromatic N) is 3. The highest BCUT2D eigenvalue weighted by Gasteiger charge is 2.34. The smallest absolute Gasteiger partial charge is 0.255 e. The van der Waals surface area contributed by atoms with Gasteiger partial charge in [-0.25, -0.2) is 4.98 Å². The van der Waals surface area contributed by atoms with Gasteiger partial charge in [-0.1, -0.05) is 0 Å². The van der Waals surface area contributed by atoms with Crippen LogP contribution >= 0.6 is 0 Å². The molecule has 0 radical (unpaired) electrons. The molecule has 1 saturated heterocycles. The van der Waals surface area contributed by atoms with Crippen LogP contribution in [-0.2, 0) is 4.79 Å². The topological polar surface area (TPSA) is 84.0 Å². The summed E-state index contributed by atoms with van der Waals surface area (Å²) in [6.07, 6.45) is 3.73. The quantitative estimate of drug-likeness (QED) is 0.787. The summed E-state index contributed by atoms with van der Waals surface area (Å²) in [5.41, 5.74) is 1.08. The van der Waals surface area contributed by atoms with E-state index in [4.69, 9.17) is 9.47 Å². The fourth-order valence-corrected chi connectivity index (χ4v) is 3.57. The monoisotopic (exact) mass is 410 g/mol. The molecule has 8 nitrogen and oxygen atoms in total. The van der Waals surface area contributed by atoms with Gasteiger partial charge in [0, 0.05) is 37.7 Å². The highest BCUT2D eigenvalue weighted by atomic mass is 16.5. The molecular formula is C22H26N4O4. The number of benzene rings is 1. The third-order valence-electron chi connectivity index (χ3n) is 5.49. The van der Waals surface area contributed by atoms with Crippen LogP contribution in [0.15, 0.2) is 36.5 Å². The number of carbonyl (C=O) groups is 2. The van der Waals surface area contributed by atoms with Crippen LogP contribution in [0.4, 0.5) is 11.5 Å². The normalized spacial score (nSPS) is 16.2. The van der Waals surface area contributed by atoms with Crippen molar-refractivity contribution in [2.24, 2.45) is 5.92 Å². The maximum absolute atomic E-state index is 12.5. The van der Waals surface area contributed by atoms with Gasteiger partial charge in [-0.05, 0) is 43.2 Å². The van der Waals surface area contributed by atoms with Gasteiger partial charge in [0.2, 0.25) is 5.91 Å². The lowest BCUT2D eigenvalue weighted by atomic mass is 10.2. The van der Waals surface area contributed by atoms with E-state index < -0.39 is 0 Å². The summed E-state index contributed by atoms with van der Waals surface area (Å²) >= 11 is 0. The maximum atomic E-state index is 12.5. The van der Waals surface area contributed by atoms with Gasteiger partial charge in [0.25, 0.3) is 5.91 Å². The van der Waals surface area contributed by atoms with Crippen molar-refractivity contribution in [3.63, 3.8) is 0 Å². The molecule has 8 heteroatoms. The largest absolute Gasteiger partial charge is 0.493 e. The molecule has 1 N–H and O–H groups in total. The minimum Gasteiger partial charge on any atom is -0.493 e. The van der Waals surface area contributed by atoms with Crippen LogP contribution in [0.2, 0.25) is 0 Å². The van der Waals surface area contributed by atoms with Gasteiger partial charge in [0.05, 0.1) is 26.1 Å². The fraction of sp³-hybridized carbons (Fsp3) is 0.409. The van der Waals surface area contributed by atoms with Crippen molar-refractivity contribution in [1.82, 2.24) is 9.88 Å². The van der Waals surface area contributed by atoms with Gasteiger partial charge in [0.15, 0.2) is 11.5 Å². The van der Waals surface area contributed by atoms with Crippen molar-refractivity contribution in [3.8, 4) is 11.5 Å². The minimum atomic E-state index is -0.252. The predicted octanol–water partition coefficient (Wildman–Crippen LogP) is 2.41. The van der Waals surface area contributed by atoms with Crippen molar-refractivity contribution in [2.45, 2.75) is 12.8 Å². The molecule has 0 unspecified atom stereocenters. The summed E-state index contributed by atoms with van der Waals surface area (Å²) < 4.78 is 10.5. The number of anilines is 2. The molecule has 2 heterocycles. The second-order valence-electron chi connectivity index (χ2n) is 7.52. The van der Waals surface area contributed by atoms with E-state index in [1.165, 1.54) is 7.11 Å². The Labute approximate surface area is 175 Å². The van der Waals surface area contributed by atoms with Gasteiger partial charge < -0.3 is 24.6 Å². The molecule has 2 fully saturated rings. The van der Waals surface area contributed by atoms with Crippen molar-refractivity contribution in [1.29, 1.82) is 0 Å². The zero-order valence-electron chi connectivity index (χ0n) is 17.3. The summed E-state index contributed by atoms with van der Waals surface area (Å²) in [5.74, 6) is 2.23. The lowest BCUT2D eigenvalue weighted by molar-refractivity contribution is -0.132. The number of ether oxygens (including phenoxy) is 2. The number of rotatable bonds is 6. The highest BCUT2D eigenvalue weighted by Crippen LogP contribution is 2.31. The second kappa shape index (κ2) is 8.61. The molecule has 4 rings (SSSR count). The number of amides is 2. The molecule has 1 aliphatic carbocycles. The number of hydrogen-bond donors (Lipinski definition) is 1. The molecule has 2 aromatic rings. The van der Waals surface area contributed by atoms with Crippen LogP contribution in [0, 0.1) is 5.92 Å². The minimum absolute atomic E-state index is 0.252. The molecule has 0 spiro atoms. The van der Waals surface area contributed by atoms with Crippen molar-refractivity contribution in [3.05, 3.63) is 42.1 Å². The van der Waals surface area contributed by atoms with Gasteiger partial charge in [-0.3, -0.25) is 9.59 Å². The summed E-state index contributed by atoms with van der Waals surface area (Å²) in [4.78, 5) is 33.3. The Kier molecular flexibility index (Phi) is 5.74. The summed E-state index contributed by atoms with van der Waals surface area (Å²) in [5, 5.41) is 2.85. The lowest BCUT2D eigenvalue weighted by Gasteiger charge is -2.35. The summed E-state index contributed by atoms with van der Waals surface area (Å²) in [6.45, 7) is 3.00. The fourth-order valence-electron chi connectivity index (χ4n) is 3.57. The number of nitrogens with one attached hydrogen (secondary N) is 1. The predicted molar refractivity (Wildman–Crippen MR) is 113 cm³/mol. The molecular weight excluding hydrogens is 384 g/mol. The average Bonchev–Trinajstić information content (AvgIpc) is 3.64. The van der Waals surface area contributed by atoms with E-state index in [-0.39, 0.29) is 11.8 Å². The maximum Gasteiger partial charge on any atom is 0.255 e. The number of methoxy groups -OCH3 is 2. The third kappa shape index (κ3) is 4.32. The Morgan fingerprint density at radius 3 is 2.33 bits per heavy atom. The number of pyridine rings is 1. The van der Waals surface area contributed by atoms with Crippen LogP contribution in [0.25, 0.3) is 0 Å². The second-order valence-corrected chi connectivity index (χ2v) is 7.52. The average molecular weight is 410 g/mol. The molecule has 0 atom stereocenters. The SMILES string of the molecule is COc1ccc(C(=O)Nc2ccc(N3CCN(C(=O)C4CC4)CC3)nc2)cc1OC. The van der Waals surface area contributed by atoms with Crippen LogP contribution < -0.4 is 19.7 Å². The number of piperazine rings is 1. The Balaban J connectivity index is 1.34. The molecule has 158 valence electrons. The van der Waals surface area contributed by atoms with E-state index in [0.717, 1.165) is 44.8 Å². The van der Waals surface area contributed by atoms with Crippen molar-refractivity contribution < 1.29 is 19.1 Å². The number of hydrogen-bond acceptors (Lipinski definition) is 6. The first kappa shape index (κ1) is 20.0. The molecule has 1 aromatic carbocycles. The number of carbonyl (C=O) groups excluding carboxylic acids is 2. The van der Waals surface area contributed by atoms with Gasteiger partial charge in [-0.2, -0.15) is 0 Å². The first-order chi connectivity index (χ1) is 14.6. The molecule has 1 aliphatic heterocycles. The lowest BCUT2D eigenvalue weighted by Crippen LogP contribution is -2.49. The van der Waals surface area contributed by atoms with E-state index in [1.54, 1.807) is 31.5 Å². The summed E-state index contributed by atoms with van der Waals surface area (Å²) in [6, 6.07) is 8.74. The molecule has 30 heavy (non-hydrogen) atoms. The third-order valence-corrected chi connectivity index (χ3v) is 5.49. The Hall–Kier alpha value is -3.29. The zero-order chi connectivity index (χ0) is 21.1. The van der Waals surface area contributed by atoms with E-state index >= 15 is 0 Å². The summed E-state index contributed by atoms with van der Waals surface area (Å²) in [7, 11) is 3.08. The first-order valence-corrected chi connectivity index (χ1v) is 10.1. The molecule has 1 saturated carbocycles. The van der Waals surface area contributed by atoms with Gasteiger partial charge in [-0.15, -0.1) is 0 Å². The van der Waals surface area contributed by atoms with E-state index in [2.05, 4.69) is 15.2 Å². The highest BCUT2D eigenvalue weighted by molar-refractivity contribution is 6.04. The van der Waals surface area contributed by atoms with E-state index in [9.17, 15) is 9.59 Å². The number of aromatic nitrogens is 1. The van der Waals surface area contributed by atoms with Crippen LogP contribution in [-0.4, -0.2) is 62.1 Å². The zero-order valence-corrected chi connectivity index (χ0v) is 17.3. The first-order valence-electron chi connectivity index (χ1n) is 10.1. The standard InChI is InChI=1S/C22H26N4O4/c1-29-18-7-5-16(13-19(18)30-2)21(27)24-17-6-8-20(23-14-17)25-9-11-26(12-10-25)22(28)15-3-4-15/h5-8,13-15H,3-4,9-12H2,1-2H3,(H,24,27).